The minimum absolute atomic E-state index is 0.861. The summed E-state index contributed by atoms with van der Waals surface area (Å²) in [4.78, 5) is 2.65. The standard InChI is InChI=1S/C11H22N2/c1-13(10-4-2-5-10)11-6-3-8-12-9-7-11/h10-12H,2-9H2,1H3. The molecule has 1 unspecified atom stereocenters. The Balaban J connectivity index is 1.82. The summed E-state index contributed by atoms with van der Waals surface area (Å²) >= 11 is 0. The van der Waals surface area contributed by atoms with Gasteiger partial charge < -0.3 is 10.2 Å². The van der Waals surface area contributed by atoms with Gasteiger partial charge in [0.15, 0.2) is 0 Å². The lowest BCUT2D eigenvalue weighted by molar-refractivity contribution is 0.102. The van der Waals surface area contributed by atoms with Gasteiger partial charge in [0.25, 0.3) is 0 Å². The lowest BCUT2D eigenvalue weighted by atomic mass is 9.90. The van der Waals surface area contributed by atoms with Gasteiger partial charge in [0.05, 0.1) is 0 Å². The molecular weight excluding hydrogens is 160 g/mol. The number of nitrogens with zero attached hydrogens (tertiary/aromatic N) is 1. The molecule has 1 saturated heterocycles. The Morgan fingerprint density at radius 3 is 2.31 bits per heavy atom. The summed E-state index contributed by atoms with van der Waals surface area (Å²) < 4.78 is 0. The van der Waals surface area contributed by atoms with E-state index in [0.717, 1.165) is 12.1 Å². The molecule has 2 fully saturated rings. The molecule has 1 aliphatic heterocycles. The average molecular weight is 182 g/mol. The van der Waals surface area contributed by atoms with Crippen molar-refractivity contribution in [1.29, 1.82) is 0 Å². The second-order valence-corrected chi connectivity index (χ2v) is 4.58. The van der Waals surface area contributed by atoms with Crippen molar-refractivity contribution in [1.82, 2.24) is 10.2 Å². The SMILES string of the molecule is CN(C1CCC1)C1CCCNCC1. The maximum absolute atomic E-state index is 3.48. The van der Waals surface area contributed by atoms with Crippen LogP contribution in [-0.2, 0) is 0 Å². The summed E-state index contributed by atoms with van der Waals surface area (Å²) in [6, 6.07) is 1.78. The van der Waals surface area contributed by atoms with Crippen molar-refractivity contribution in [3.63, 3.8) is 0 Å². The van der Waals surface area contributed by atoms with Crippen LogP contribution >= 0.6 is 0 Å². The summed E-state index contributed by atoms with van der Waals surface area (Å²) in [7, 11) is 2.33. The largest absolute Gasteiger partial charge is 0.317 e. The molecule has 0 amide bonds. The molecule has 76 valence electrons. The second kappa shape index (κ2) is 4.43. The van der Waals surface area contributed by atoms with Gasteiger partial charge in [-0.3, -0.25) is 0 Å². The van der Waals surface area contributed by atoms with Crippen LogP contribution in [0.25, 0.3) is 0 Å². The Kier molecular flexibility index (Phi) is 3.23. The topological polar surface area (TPSA) is 15.3 Å². The number of hydrogen-bond donors (Lipinski definition) is 1. The Labute approximate surface area is 81.7 Å². The molecule has 0 spiro atoms. The van der Waals surface area contributed by atoms with Crippen LogP contribution < -0.4 is 5.32 Å². The zero-order chi connectivity index (χ0) is 9.10. The van der Waals surface area contributed by atoms with E-state index < -0.39 is 0 Å². The molecule has 2 aliphatic rings. The molecule has 1 atom stereocenters. The van der Waals surface area contributed by atoms with Gasteiger partial charge in [-0.05, 0) is 52.2 Å². The first kappa shape index (κ1) is 9.47. The molecule has 13 heavy (non-hydrogen) atoms. The fourth-order valence-electron chi connectivity index (χ4n) is 2.50. The van der Waals surface area contributed by atoms with E-state index in [1.807, 2.05) is 0 Å². The zero-order valence-electron chi connectivity index (χ0n) is 8.76. The van der Waals surface area contributed by atoms with Crippen molar-refractivity contribution in [3.8, 4) is 0 Å². The highest BCUT2D eigenvalue weighted by molar-refractivity contribution is 4.84. The van der Waals surface area contributed by atoms with E-state index in [9.17, 15) is 0 Å². The average Bonchev–Trinajstić information content (AvgIpc) is 2.27. The molecule has 1 saturated carbocycles. The van der Waals surface area contributed by atoms with Crippen molar-refractivity contribution >= 4 is 0 Å². The highest BCUT2D eigenvalue weighted by Gasteiger charge is 2.27. The highest BCUT2D eigenvalue weighted by atomic mass is 15.2. The van der Waals surface area contributed by atoms with Crippen LogP contribution in [-0.4, -0.2) is 37.1 Å². The molecule has 1 heterocycles. The molecule has 0 bridgehead atoms. The Morgan fingerprint density at radius 2 is 1.62 bits per heavy atom. The predicted octanol–water partition coefficient (Wildman–Crippen LogP) is 1.61. The summed E-state index contributed by atoms with van der Waals surface area (Å²) in [6.07, 6.45) is 8.47. The predicted molar refractivity (Wildman–Crippen MR) is 55.9 cm³/mol. The second-order valence-electron chi connectivity index (χ2n) is 4.58. The lowest BCUT2D eigenvalue weighted by Crippen LogP contribution is -2.44. The maximum atomic E-state index is 3.48. The molecule has 1 N–H and O–H groups in total. The minimum atomic E-state index is 0.861. The van der Waals surface area contributed by atoms with Crippen LogP contribution in [0, 0.1) is 0 Å². The lowest BCUT2D eigenvalue weighted by Gasteiger charge is -2.39. The highest BCUT2D eigenvalue weighted by Crippen LogP contribution is 2.27. The Bertz CT molecular complexity index is 146. The third-order valence-electron chi connectivity index (χ3n) is 3.77. The van der Waals surface area contributed by atoms with Crippen molar-refractivity contribution < 1.29 is 0 Å². The van der Waals surface area contributed by atoms with Crippen LogP contribution in [0.5, 0.6) is 0 Å². The molecule has 0 aromatic heterocycles. The molecule has 1 aliphatic carbocycles. The quantitative estimate of drug-likeness (QED) is 0.698. The van der Waals surface area contributed by atoms with E-state index >= 15 is 0 Å². The van der Waals surface area contributed by atoms with Crippen molar-refractivity contribution in [2.24, 2.45) is 0 Å². The first-order chi connectivity index (χ1) is 6.38. The van der Waals surface area contributed by atoms with E-state index in [2.05, 4.69) is 17.3 Å². The molecule has 2 nitrogen and oxygen atoms in total. The van der Waals surface area contributed by atoms with Crippen molar-refractivity contribution in [2.75, 3.05) is 20.1 Å². The van der Waals surface area contributed by atoms with Gasteiger partial charge in [0, 0.05) is 12.1 Å². The minimum Gasteiger partial charge on any atom is -0.317 e. The van der Waals surface area contributed by atoms with Crippen LogP contribution in [0.1, 0.15) is 38.5 Å². The van der Waals surface area contributed by atoms with Crippen LogP contribution in [0.4, 0.5) is 0 Å². The maximum Gasteiger partial charge on any atom is 0.0108 e. The zero-order valence-corrected chi connectivity index (χ0v) is 8.76. The number of hydrogen-bond acceptors (Lipinski definition) is 2. The molecule has 0 aromatic carbocycles. The van der Waals surface area contributed by atoms with Crippen LogP contribution in [0.3, 0.4) is 0 Å². The van der Waals surface area contributed by atoms with Gasteiger partial charge in [0.2, 0.25) is 0 Å². The van der Waals surface area contributed by atoms with Crippen LogP contribution in [0.2, 0.25) is 0 Å². The molecule has 2 heteroatoms. The van der Waals surface area contributed by atoms with E-state index in [1.54, 1.807) is 0 Å². The first-order valence-electron chi connectivity index (χ1n) is 5.80. The normalized spacial score (nSPS) is 31.4. The van der Waals surface area contributed by atoms with Gasteiger partial charge in [-0.15, -0.1) is 0 Å². The summed E-state index contributed by atoms with van der Waals surface area (Å²) in [5.41, 5.74) is 0. The van der Waals surface area contributed by atoms with Crippen molar-refractivity contribution in [3.05, 3.63) is 0 Å². The third kappa shape index (κ3) is 2.23. The van der Waals surface area contributed by atoms with E-state index in [-0.39, 0.29) is 0 Å². The van der Waals surface area contributed by atoms with Crippen molar-refractivity contribution in [2.45, 2.75) is 50.6 Å². The fraction of sp³-hybridized carbons (Fsp3) is 1.00. The molecular formula is C11H22N2. The van der Waals surface area contributed by atoms with Gasteiger partial charge in [-0.25, -0.2) is 0 Å². The van der Waals surface area contributed by atoms with Gasteiger partial charge >= 0.3 is 0 Å². The van der Waals surface area contributed by atoms with Gasteiger partial charge in [-0.2, -0.15) is 0 Å². The molecule has 0 aromatic rings. The third-order valence-corrected chi connectivity index (χ3v) is 3.77. The molecule has 2 rings (SSSR count). The van der Waals surface area contributed by atoms with Gasteiger partial charge in [-0.1, -0.05) is 6.42 Å². The smallest absolute Gasteiger partial charge is 0.0108 e. The van der Waals surface area contributed by atoms with E-state index in [4.69, 9.17) is 0 Å². The van der Waals surface area contributed by atoms with Gasteiger partial charge in [0.1, 0.15) is 0 Å². The number of rotatable bonds is 2. The van der Waals surface area contributed by atoms with Crippen LogP contribution in [0.15, 0.2) is 0 Å². The summed E-state index contributed by atoms with van der Waals surface area (Å²) in [6.45, 7) is 2.46. The first-order valence-corrected chi connectivity index (χ1v) is 5.80. The molecule has 0 radical (unpaired) electrons. The van der Waals surface area contributed by atoms with E-state index in [0.29, 0.717) is 0 Å². The fourth-order valence-corrected chi connectivity index (χ4v) is 2.50. The summed E-state index contributed by atoms with van der Waals surface area (Å²) in [5.74, 6) is 0. The Hall–Kier alpha value is -0.0800. The number of nitrogens with one attached hydrogen (secondary N) is 1. The Morgan fingerprint density at radius 1 is 0.923 bits per heavy atom. The monoisotopic (exact) mass is 182 g/mol. The van der Waals surface area contributed by atoms with E-state index in [1.165, 1.54) is 51.6 Å². The summed E-state index contributed by atoms with van der Waals surface area (Å²) in [5, 5.41) is 3.48.